The molecule has 0 unspecified atom stereocenters. The van der Waals surface area contributed by atoms with Gasteiger partial charge in [-0.25, -0.2) is 9.78 Å². The van der Waals surface area contributed by atoms with Crippen molar-refractivity contribution in [1.29, 1.82) is 0 Å². The van der Waals surface area contributed by atoms with Gasteiger partial charge in [0.1, 0.15) is 0 Å². The van der Waals surface area contributed by atoms with Crippen molar-refractivity contribution in [3.05, 3.63) is 23.2 Å². The zero-order valence-electron chi connectivity index (χ0n) is 12.2. The molecule has 2 N–H and O–H groups in total. The van der Waals surface area contributed by atoms with E-state index in [0.29, 0.717) is 25.4 Å². The number of likely N-dealkylation sites (tertiary alicyclic amines) is 1. The van der Waals surface area contributed by atoms with Crippen molar-refractivity contribution in [2.24, 2.45) is 0 Å². The normalized spacial score (nSPS) is 18.7. The molecule has 21 heavy (non-hydrogen) atoms. The number of aliphatic hydroxyl groups is 1. The number of aliphatic hydroxyl groups excluding tert-OH is 1. The number of anilines is 1. The molecule has 0 aliphatic carbocycles. The van der Waals surface area contributed by atoms with E-state index in [2.05, 4.69) is 24.1 Å². The fourth-order valence-corrected chi connectivity index (χ4v) is 3.41. The van der Waals surface area contributed by atoms with Gasteiger partial charge in [-0.15, -0.1) is 11.3 Å². The second-order valence-corrected chi connectivity index (χ2v) is 6.77. The van der Waals surface area contributed by atoms with Crippen molar-refractivity contribution in [1.82, 2.24) is 9.88 Å². The zero-order chi connectivity index (χ0) is 15.0. The minimum atomic E-state index is -0.395. The minimum Gasteiger partial charge on any atom is -0.391 e. The van der Waals surface area contributed by atoms with Gasteiger partial charge in [0.05, 0.1) is 21.3 Å². The third-order valence-corrected chi connectivity index (χ3v) is 4.92. The third kappa shape index (κ3) is 3.01. The summed E-state index contributed by atoms with van der Waals surface area (Å²) in [4.78, 5) is 18.3. The largest absolute Gasteiger partial charge is 0.391 e. The highest BCUT2D eigenvalue weighted by atomic mass is 32.1. The van der Waals surface area contributed by atoms with Crippen LogP contribution in [-0.4, -0.2) is 40.2 Å². The highest BCUT2D eigenvalue weighted by Gasteiger charge is 2.24. The van der Waals surface area contributed by atoms with Gasteiger partial charge in [0.15, 0.2) is 0 Å². The summed E-state index contributed by atoms with van der Waals surface area (Å²) in [6, 6.07) is 5.62. The molecule has 0 spiro atoms. The lowest BCUT2D eigenvalue weighted by Crippen LogP contribution is -2.33. The first kappa shape index (κ1) is 14.3. The molecule has 0 bridgehead atoms. The highest BCUT2D eigenvalue weighted by molar-refractivity contribution is 7.18. The van der Waals surface area contributed by atoms with Crippen LogP contribution in [0.1, 0.15) is 31.2 Å². The number of hydrogen-bond acceptors (Lipinski definition) is 4. The molecule has 1 fully saturated rings. The van der Waals surface area contributed by atoms with Crippen molar-refractivity contribution >= 4 is 33.3 Å². The van der Waals surface area contributed by atoms with Gasteiger partial charge >= 0.3 is 6.03 Å². The molecule has 2 amide bonds. The Balaban J connectivity index is 1.76. The van der Waals surface area contributed by atoms with Crippen molar-refractivity contribution in [2.75, 3.05) is 18.4 Å². The molecule has 1 saturated heterocycles. The number of hydrogen-bond donors (Lipinski definition) is 2. The maximum atomic E-state index is 12.1. The molecule has 0 radical (unpaired) electrons. The average molecular weight is 305 g/mol. The number of nitrogens with one attached hydrogen (secondary N) is 1. The van der Waals surface area contributed by atoms with Gasteiger partial charge in [-0.1, -0.05) is 13.8 Å². The quantitative estimate of drug-likeness (QED) is 0.896. The smallest absolute Gasteiger partial charge is 0.321 e. The van der Waals surface area contributed by atoms with E-state index in [-0.39, 0.29) is 6.03 Å². The van der Waals surface area contributed by atoms with E-state index < -0.39 is 6.10 Å². The lowest BCUT2D eigenvalue weighted by Gasteiger charge is -2.16. The predicted octanol–water partition coefficient (Wildman–Crippen LogP) is 3.02. The van der Waals surface area contributed by atoms with E-state index in [1.807, 2.05) is 18.2 Å². The fourth-order valence-electron chi connectivity index (χ4n) is 2.40. The molecule has 3 rings (SSSR count). The lowest BCUT2D eigenvalue weighted by molar-refractivity contribution is 0.176. The number of carbonyl (C=O) groups is 1. The monoisotopic (exact) mass is 305 g/mol. The second kappa shape index (κ2) is 5.61. The van der Waals surface area contributed by atoms with E-state index in [1.54, 1.807) is 16.2 Å². The fraction of sp³-hybridized carbons (Fsp3) is 0.467. The standard InChI is InChI=1S/C15H19N3O2S/c1-9(2)14-17-12-4-3-10(7-13(12)21-14)16-15(20)18-6-5-11(19)8-18/h3-4,7,9,11,19H,5-6,8H2,1-2H3,(H,16,20)/t11-/m0/s1. The van der Waals surface area contributed by atoms with Crippen LogP contribution >= 0.6 is 11.3 Å². The maximum Gasteiger partial charge on any atom is 0.321 e. The number of rotatable bonds is 2. The number of nitrogens with zero attached hydrogens (tertiary/aromatic N) is 2. The van der Waals surface area contributed by atoms with E-state index in [4.69, 9.17) is 0 Å². The average Bonchev–Trinajstić information content (AvgIpc) is 3.04. The second-order valence-electron chi connectivity index (χ2n) is 5.71. The Morgan fingerprint density at radius 2 is 2.33 bits per heavy atom. The Labute approximate surface area is 127 Å². The molecule has 1 aromatic heterocycles. The molecule has 6 heteroatoms. The summed E-state index contributed by atoms with van der Waals surface area (Å²) < 4.78 is 1.08. The van der Waals surface area contributed by atoms with Crippen molar-refractivity contribution in [2.45, 2.75) is 32.3 Å². The van der Waals surface area contributed by atoms with Crippen LogP contribution in [0.15, 0.2) is 18.2 Å². The molecular formula is C15H19N3O2S. The van der Waals surface area contributed by atoms with Gasteiger partial charge < -0.3 is 15.3 Å². The van der Waals surface area contributed by atoms with Gasteiger partial charge in [-0.2, -0.15) is 0 Å². The lowest BCUT2D eigenvalue weighted by atomic mass is 10.2. The molecule has 2 aromatic rings. The summed E-state index contributed by atoms with van der Waals surface area (Å²) in [6.07, 6.45) is 0.257. The number of thiazole rings is 1. The van der Waals surface area contributed by atoms with Crippen molar-refractivity contribution in [3.8, 4) is 0 Å². The molecule has 112 valence electrons. The van der Waals surface area contributed by atoms with Gasteiger partial charge in [0.25, 0.3) is 0 Å². The molecule has 1 aliphatic heterocycles. The third-order valence-electron chi connectivity index (χ3n) is 3.60. The Morgan fingerprint density at radius 1 is 1.52 bits per heavy atom. The van der Waals surface area contributed by atoms with Crippen LogP contribution in [0.4, 0.5) is 10.5 Å². The first-order chi connectivity index (χ1) is 10.0. The first-order valence-electron chi connectivity index (χ1n) is 7.17. The summed E-state index contributed by atoms with van der Waals surface area (Å²) >= 11 is 1.66. The summed E-state index contributed by atoms with van der Waals surface area (Å²) in [5.74, 6) is 0.409. The molecule has 1 atom stereocenters. The maximum absolute atomic E-state index is 12.1. The minimum absolute atomic E-state index is 0.153. The van der Waals surface area contributed by atoms with Crippen LogP contribution in [0.2, 0.25) is 0 Å². The number of β-amino-alcohol motifs (C(OH)–C–C–N with tert-alkyl or cyclic N) is 1. The summed E-state index contributed by atoms with van der Waals surface area (Å²) in [5, 5.41) is 13.5. The number of aromatic nitrogens is 1. The van der Waals surface area contributed by atoms with Crippen LogP contribution in [-0.2, 0) is 0 Å². The summed E-state index contributed by atoms with van der Waals surface area (Å²) in [7, 11) is 0. The predicted molar refractivity (Wildman–Crippen MR) is 84.9 cm³/mol. The molecule has 5 nitrogen and oxygen atoms in total. The van der Waals surface area contributed by atoms with Crippen molar-refractivity contribution in [3.63, 3.8) is 0 Å². The number of benzene rings is 1. The number of amides is 2. The van der Waals surface area contributed by atoms with E-state index in [9.17, 15) is 9.90 Å². The first-order valence-corrected chi connectivity index (χ1v) is 7.99. The molecular weight excluding hydrogens is 286 g/mol. The van der Waals surface area contributed by atoms with Crippen LogP contribution < -0.4 is 5.32 Å². The Morgan fingerprint density at radius 3 is 3.00 bits per heavy atom. The van der Waals surface area contributed by atoms with Gasteiger partial charge in [0, 0.05) is 24.7 Å². The van der Waals surface area contributed by atoms with Crippen molar-refractivity contribution < 1.29 is 9.90 Å². The van der Waals surface area contributed by atoms with Crippen LogP contribution in [0.5, 0.6) is 0 Å². The topological polar surface area (TPSA) is 65.5 Å². The van der Waals surface area contributed by atoms with E-state index in [0.717, 1.165) is 20.9 Å². The number of urea groups is 1. The van der Waals surface area contributed by atoms with Gasteiger partial charge in [-0.05, 0) is 24.6 Å². The van der Waals surface area contributed by atoms with Gasteiger partial charge in [-0.3, -0.25) is 0 Å². The molecule has 0 saturated carbocycles. The highest BCUT2D eigenvalue weighted by Crippen LogP contribution is 2.29. The molecule has 1 aromatic carbocycles. The van der Waals surface area contributed by atoms with E-state index in [1.165, 1.54) is 0 Å². The molecule has 1 aliphatic rings. The SMILES string of the molecule is CC(C)c1nc2ccc(NC(=O)N3CC[C@H](O)C3)cc2s1. The number of fused-ring (bicyclic) bond motifs is 1. The Bertz CT molecular complexity index is 668. The zero-order valence-corrected chi connectivity index (χ0v) is 13.0. The van der Waals surface area contributed by atoms with Crippen LogP contribution in [0.3, 0.4) is 0 Å². The Hall–Kier alpha value is -1.66. The Kier molecular flexibility index (Phi) is 3.82. The van der Waals surface area contributed by atoms with Crippen LogP contribution in [0, 0.1) is 0 Å². The van der Waals surface area contributed by atoms with Crippen LogP contribution in [0.25, 0.3) is 10.2 Å². The summed E-state index contributed by atoms with van der Waals surface area (Å²) in [6.45, 7) is 5.26. The summed E-state index contributed by atoms with van der Waals surface area (Å²) in [5.41, 5.74) is 1.74. The molecule has 2 heterocycles. The number of carbonyl (C=O) groups excluding carboxylic acids is 1. The van der Waals surface area contributed by atoms with Gasteiger partial charge in [0.2, 0.25) is 0 Å². The van der Waals surface area contributed by atoms with E-state index >= 15 is 0 Å².